The molecule has 7 nitrogen and oxygen atoms in total. The Hall–Kier alpha value is -2.09. The summed E-state index contributed by atoms with van der Waals surface area (Å²) in [5.74, 6) is -0.472. The molecule has 0 saturated carbocycles. The van der Waals surface area contributed by atoms with Crippen molar-refractivity contribution in [2.24, 2.45) is 0 Å². The molecule has 0 bridgehead atoms. The van der Waals surface area contributed by atoms with Gasteiger partial charge in [0.05, 0.1) is 6.61 Å². The van der Waals surface area contributed by atoms with Gasteiger partial charge in [0.15, 0.2) is 6.61 Å². The Balaban J connectivity index is 2.12. The minimum absolute atomic E-state index is 0.0407. The molecular formula is C17H23BrN2O5. The van der Waals surface area contributed by atoms with Crippen LogP contribution in [0.2, 0.25) is 0 Å². The summed E-state index contributed by atoms with van der Waals surface area (Å²) in [4.78, 5) is 34.5. The number of hydrogen-bond acceptors (Lipinski definition) is 5. The van der Waals surface area contributed by atoms with Crippen LogP contribution in [0.25, 0.3) is 0 Å². The molecule has 0 aliphatic rings. The third-order valence-electron chi connectivity index (χ3n) is 3.21. The van der Waals surface area contributed by atoms with Crippen molar-refractivity contribution in [2.45, 2.75) is 39.2 Å². The molecule has 0 spiro atoms. The number of carbonyl (C=O) groups excluding carboxylic acids is 3. The highest BCUT2D eigenvalue weighted by molar-refractivity contribution is 9.10. The Morgan fingerprint density at radius 1 is 1.20 bits per heavy atom. The molecule has 138 valence electrons. The summed E-state index contributed by atoms with van der Waals surface area (Å²) in [6, 6.07) is 6.72. The normalized spacial score (nSPS) is 11.3. The number of ether oxygens (including phenoxy) is 2. The second kappa shape index (κ2) is 11.5. The van der Waals surface area contributed by atoms with Gasteiger partial charge >= 0.3 is 12.0 Å². The molecule has 1 atom stereocenters. The Labute approximate surface area is 155 Å². The number of rotatable bonds is 9. The molecule has 0 saturated heterocycles. The van der Waals surface area contributed by atoms with Crippen LogP contribution in [0.15, 0.2) is 28.7 Å². The van der Waals surface area contributed by atoms with Gasteiger partial charge in [-0.25, -0.2) is 4.79 Å². The zero-order valence-corrected chi connectivity index (χ0v) is 15.9. The number of nitrogens with one attached hydrogen (secondary N) is 2. The van der Waals surface area contributed by atoms with Crippen molar-refractivity contribution in [2.75, 3.05) is 13.2 Å². The van der Waals surface area contributed by atoms with Crippen LogP contribution >= 0.6 is 15.9 Å². The van der Waals surface area contributed by atoms with Gasteiger partial charge in [-0.2, -0.15) is 0 Å². The van der Waals surface area contributed by atoms with E-state index >= 15 is 0 Å². The first-order valence-corrected chi connectivity index (χ1v) is 8.84. The number of hydrogen-bond donors (Lipinski definition) is 2. The van der Waals surface area contributed by atoms with E-state index in [9.17, 15) is 14.4 Å². The minimum Gasteiger partial charge on any atom is -0.494 e. The highest BCUT2D eigenvalue weighted by atomic mass is 79.9. The van der Waals surface area contributed by atoms with Gasteiger partial charge in [0.2, 0.25) is 0 Å². The number of esters is 1. The molecule has 1 rings (SSSR count). The fourth-order valence-electron chi connectivity index (χ4n) is 1.68. The van der Waals surface area contributed by atoms with E-state index in [0.717, 1.165) is 10.9 Å². The third kappa shape index (κ3) is 9.71. The number of carbonyl (C=O) groups is 3. The molecule has 0 radical (unpaired) electrons. The number of amides is 3. The number of imide groups is 1. The van der Waals surface area contributed by atoms with E-state index in [0.29, 0.717) is 18.8 Å². The standard InChI is InChI=1S/C17H23BrN2O5/c1-3-12(2)19-17(23)20-15(21)11-25-16(22)5-4-10-24-14-8-6-13(18)7-9-14/h6-9,12H,3-5,10-11H2,1-2H3,(H2,19,20,21,23)/t12-/m1/s1. The lowest BCUT2D eigenvalue weighted by molar-refractivity contribution is -0.148. The molecule has 0 heterocycles. The van der Waals surface area contributed by atoms with Gasteiger partial charge in [-0.05, 0) is 44.0 Å². The molecule has 0 fully saturated rings. The molecule has 1 aromatic rings. The van der Waals surface area contributed by atoms with Crippen LogP contribution in [0.4, 0.5) is 4.79 Å². The first kappa shape index (κ1) is 21.0. The van der Waals surface area contributed by atoms with Crippen molar-refractivity contribution in [1.29, 1.82) is 0 Å². The van der Waals surface area contributed by atoms with E-state index in [2.05, 4.69) is 26.6 Å². The first-order valence-electron chi connectivity index (χ1n) is 8.05. The zero-order chi connectivity index (χ0) is 18.7. The quantitative estimate of drug-likeness (QED) is 0.478. The maximum absolute atomic E-state index is 11.5. The topological polar surface area (TPSA) is 93.7 Å². The van der Waals surface area contributed by atoms with Crippen LogP contribution < -0.4 is 15.4 Å². The van der Waals surface area contributed by atoms with Crippen molar-refractivity contribution in [3.63, 3.8) is 0 Å². The van der Waals surface area contributed by atoms with Gasteiger partial charge in [-0.15, -0.1) is 0 Å². The monoisotopic (exact) mass is 414 g/mol. The maximum Gasteiger partial charge on any atom is 0.321 e. The highest BCUT2D eigenvalue weighted by Gasteiger charge is 2.12. The summed E-state index contributed by atoms with van der Waals surface area (Å²) < 4.78 is 11.2. The lowest BCUT2D eigenvalue weighted by atomic mass is 10.3. The van der Waals surface area contributed by atoms with Crippen LogP contribution in [0.1, 0.15) is 33.1 Å². The molecule has 0 unspecified atom stereocenters. The summed E-state index contributed by atoms with van der Waals surface area (Å²) in [6.07, 6.45) is 1.34. The number of halogens is 1. The predicted octanol–water partition coefficient (Wildman–Crippen LogP) is 2.78. The molecule has 1 aromatic carbocycles. The van der Waals surface area contributed by atoms with Crippen LogP contribution in [0.5, 0.6) is 5.75 Å². The van der Waals surface area contributed by atoms with E-state index in [4.69, 9.17) is 9.47 Å². The molecule has 8 heteroatoms. The summed E-state index contributed by atoms with van der Waals surface area (Å²) in [6.45, 7) is 3.61. The van der Waals surface area contributed by atoms with Gasteiger partial charge in [0.1, 0.15) is 5.75 Å². The van der Waals surface area contributed by atoms with Gasteiger partial charge < -0.3 is 14.8 Å². The average Bonchev–Trinajstić information content (AvgIpc) is 2.58. The Kier molecular flexibility index (Phi) is 9.61. The maximum atomic E-state index is 11.5. The minimum atomic E-state index is -0.666. The first-order chi connectivity index (χ1) is 11.9. The van der Waals surface area contributed by atoms with Crippen LogP contribution in [-0.2, 0) is 14.3 Å². The average molecular weight is 415 g/mol. The Morgan fingerprint density at radius 2 is 1.88 bits per heavy atom. The van der Waals surface area contributed by atoms with Crippen molar-refractivity contribution < 1.29 is 23.9 Å². The van der Waals surface area contributed by atoms with Gasteiger partial charge in [0, 0.05) is 16.9 Å². The van der Waals surface area contributed by atoms with Gasteiger partial charge in [-0.1, -0.05) is 22.9 Å². The fourth-order valence-corrected chi connectivity index (χ4v) is 1.94. The third-order valence-corrected chi connectivity index (χ3v) is 3.74. The second-order valence-corrected chi connectivity index (χ2v) is 6.31. The SMILES string of the molecule is CC[C@@H](C)NC(=O)NC(=O)COC(=O)CCCOc1ccc(Br)cc1. The van der Waals surface area contributed by atoms with E-state index in [1.54, 1.807) is 0 Å². The van der Waals surface area contributed by atoms with Crippen molar-refractivity contribution in [3.8, 4) is 5.75 Å². The van der Waals surface area contributed by atoms with Gasteiger partial charge in [-0.3, -0.25) is 14.9 Å². The van der Waals surface area contributed by atoms with Gasteiger partial charge in [0.25, 0.3) is 5.91 Å². The second-order valence-electron chi connectivity index (χ2n) is 5.40. The largest absolute Gasteiger partial charge is 0.494 e. The number of benzene rings is 1. The van der Waals surface area contributed by atoms with Crippen LogP contribution in [0, 0.1) is 0 Å². The van der Waals surface area contributed by atoms with E-state index in [1.807, 2.05) is 38.1 Å². The van der Waals surface area contributed by atoms with Crippen molar-refractivity contribution >= 4 is 33.8 Å². The molecule has 0 aliphatic carbocycles. The van der Waals surface area contributed by atoms with Crippen molar-refractivity contribution in [1.82, 2.24) is 10.6 Å². The van der Waals surface area contributed by atoms with Crippen LogP contribution in [0.3, 0.4) is 0 Å². The lowest BCUT2D eigenvalue weighted by Gasteiger charge is -2.11. The van der Waals surface area contributed by atoms with E-state index in [-0.39, 0.29) is 12.5 Å². The fraction of sp³-hybridized carbons (Fsp3) is 0.471. The Morgan fingerprint density at radius 3 is 2.52 bits per heavy atom. The molecule has 0 aliphatic heterocycles. The van der Waals surface area contributed by atoms with E-state index < -0.39 is 24.5 Å². The summed E-state index contributed by atoms with van der Waals surface area (Å²) in [7, 11) is 0. The molecule has 2 N–H and O–H groups in total. The molecule has 25 heavy (non-hydrogen) atoms. The Bertz CT molecular complexity index is 577. The lowest BCUT2D eigenvalue weighted by Crippen LogP contribution is -2.44. The van der Waals surface area contributed by atoms with Crippen molar-refractivity contribution in [3.05, 3.63) is 28.7 Å². The molecular weight excluding hydrogens is 392 g/mol. The van der Waals surface area contributed by atoms with Crippen LogP contribution in [-0.4, -0.2) is 37.2 Å². The van der Waals surface area contributed by atoms with E-state index in [1.165, 1.54) is 0 Å². The smallest absolute Gasteiger partial charge is 0.321 e. The number of urea groups is 1. The summed E-state index contributed by atoms with van der Waals surface area (Å²) in [5, 5.41) is 4.68. The summed E-state index contributed by atoms with van der Waals surface area (Å²) >= 11 is 3.33. The highest BCUT2D eigenvalue weighted by Crippen LogP contribution is 2.16. The predicted molar refractivity (Wildman–Crippen MR) is 96.3 cm³/mol. The zero-order valence-electron chi connectivity index (χ0n) is 14.3. The molecule has 3 amide bonds. The molecule has 0 aromatic heterocycles. The summed E-state index contributed by atoms with van der Waals surface area (Å²) in [5.41, 5.74) is 0.